The van der Waals surface area contributed by atoms with Crippen molar-refractivity contribution < 1.29 is 33.5 Å². The van der Waals surface area contributed by atoms with Crippen molar-refractivity contribution >= 4 is 35.4 Å². The first kappa shape index (κ1) is 36.7. The van der Waals surface area contributed by atoms with Crippen LogP contribution in [0.25, 0.3) is 0 Å². The van der Waals surface area contributed by atoms with Crippen LogP contribution >= 0.6 is 0 Å². The maximum atomic E-state index is 13.9. The largest absolute Gasteiger partial charge is 0.375 e. The van der Waals surface area contributed by atoms with Crippen LogP contribution < -0.4 is 21.3 Å². The molecule has 2 aromatic carbocycles. The van der Waals surface area contributed by atoms with Crippen LogP contribution in [0.4, 0.5) is 0 Å². The van der Waals surface area contributed by atoms with E-state index in [0.717, 1.165) is 5.56 Å². The van der Waals surface area contributed by atoms with E-state index < -0.39 is 72.2 Å². The molecule has 1 aliphatic rings. The van der Waals surface area contributed by atoms with Crippen LogP contribution in [-0.2, 0) is 39.9 Å². The highest BCUT2D eigenvalue weighted by molar-refractivity contribution is 5.96. The molecule has 4 N–H and O–H groups in total. The summed E-state index contributed by atoms with van der Waals surface area (Å²) in [5, 5.41) is 11.1. The highest BCUT2D eigenvalue weighted by atomic mass is 16.5. The lowest BCUT2D eigenvalue weighted by molar-refractivity contribution is -0.143. The third-order valence-electron chi connectivity index (χ3n) is 8.10. The molecule has 1 heterocycles. The number of ether oxygens (including phenoxy) is 1. The molecular formula is C34H46N6O7. The molecule has 0 saturated carbocycles. The summed E-state index contributed by atoms with van der Waals surface area (Å²) in [6, 6.07) is 13.1. The monoisotopic (exact) mass is 650 g/mol. The molecule has 0 bridgehead atoms. The first-order valence-electron chi connectivity index (χ1n) is 15.6. The van der Waals surface area contributed by atoms with Gasteiger partial charge >= 0.3 is 0 Å². The Balaban J connectivity index is 2.06. The summed E-state index contributed by atoms with van der Waals surface area (Å²) in [6.07, 6.45) is 0.119. The number of amides is 6. The molecule has 2 aromatic rings. The molecule has 0 aliphatic carbocycles. The number of nitrogens with one attached hydrogen (secondary N) is 4. The minimum atomic E-state index is -1.09. The van der Waals surface area contributed by atoms with Gasteiger partial charge in [-0.05, 0) is 30.9 Å². The van der Waals surface area contributed by atoms with Gasteiger partial charge in [-0.25, -0.2) is 0 Å². The highest BCUT2D eigenvalue weighted by Gasteiger charge is 2.34. The van der Waals surface area contributed by atoms with Crippen LogP contribution in [0.15, 0.2) is 60.7 Å². The van der Waals surface area contributed by atoms with Gasteiger partial charge in [-0.3, -0.25) is 28.8 Å². The number of methoxy groups -OCH3 is 1. The van der Waals surface area contributed by atoms with Gasteiger partial charge in [-0.2, -0.15) is 0 Å². The Morgan fingerprint density at radius 2 is 1.47 bits per heavy atom. The van der Waals surface area contributed by atoms with Crippen LogP contribution in [0.3, 0.4) is 0 Å². The number of carbonyl (C=O) groups excluding carboxylic acids is 6. The van der Waals surface area contributed by atoms with Gasteiger partial charge in [0.1, 0.15) is 30.8 Å². The third kappa shape index (κ3) is 10.4. The number of nitrogens with zero attached hydrogens (tertiary/aromatic N) is 2. The molecule has 5 atom stereocenters. The molecule has 0 aromatic heterocycles. The van der Waals surface area contributed by atoms with Gasteiger partial charge in [0, 0.05) is 27.1 Å². The minimum Gasteiger partial charge on any atom is -0.375 e. The Bertz CT molecular complexity index is 1400. The second kappa shape index (κ2) is 17.2. The fourth-order valence-corrected chi connectivity index (χ4v) is 5.16. The topological polar surface area (TPSA) is 166 Å². The Morgan fingerprint density at radius 3 is 2.06 bits per heavy atom. The minimum absolute atomic E-state index is 0.106. The predicted molar refractivity (Wildman–Crippen MR) is 174 cm³/mol. The lowest BCUT2D eigenvalue weighted by Crippen LogP contribution is -2.60. The zero-order valence-electron chi connectivity index (χ0n) is 27.8. The summed E-state index contributed by atoms with van der Waals surface area (Å²) in [6.45, 7) is 5.66. The van der Waals surface area contributed by atoms with Crippen molar-refractivity contribution in [1.82, 2.24) is 31.1 Å². The summed E-state index contributed by atoms with van der Waals surface area (Å²) < 4.78 is 5.07. The Kier molecular flexibility index (Phi) is 13.4. The molecule has 1 saturated heterocycles. The first-order chi connectivity index (χ1) is 22.3. The van der Waals surface area contributed by atoms with E-state index in [2.05, 4.69) is 21.3 Å². The Morgan fingerprint density at radius 1 is 0.851 bits per heavy atom. The molecule has 1 aliphatic heterocycles. The van der Waals surface area contributed by atoms with Gasteiger partial charge in [0.15, 0.2) is 0 Å². The quantitative estimate of drug-likeness (QED) is 0.355. The van der Waals surface area contributed by atoms with Crippen molar-refractivity contribution in [3.8, 4) is 0 Å². The number of carbonyl (C=O) groups is 6. The molecule has 3 rings (SSSR count). The van der Waals surface area contributed by atoms with Crippen LogP contribution in [-0.4, -0.2) is 103 Å². The van der Waals surface area contributed by atoms with E-state index >= 15 is 0 Å². The molecule has 0 radical (unpaired) electrons. The van der Waals surface area contributed by atoms with Crippen LogP contribution in [0, 0.1) is 5.92 Å². The van der Waals surface area contributed by atoms with Gasteiger partial charge in [-0.15, -0.1) is 0 Å². The summed E-state index contributed by atoms with van der Waals surface area (Å²) in [4.78, 5) is 83.3. The van der Waals surface area contributed by atoms with E-state index in [1.165, 1.54) is 37.8 Å². The van der Waals surface area contributed by atoms with Gasteiger partial charge in [0.2, 0.25) is 35.4 Å². The number of benzene rings is 2. The van der Waals surface area contributed by atoms with Crippen molar-refractivity contribution in [3.63, 3.8) is 0 Å². The summed E-state index contributed by atoms with van der Waals surface area (Å²) in [5.41, 5.74) is 1.42. The fraction of sp³-hybridized carbons (Fsp3) is 0.471. The van der Waals surface area contributed by atoms with Crippen molar-refractivity contribution in [1.29, 1.82) is 0 Å². The maximum Gasteiger partial charge on any atom is 0.249 e. The van der Waals surface area contributed by atoms with Gasteiger partial charge in [0.05, 0.1) is 12.6 Å². The fourth-order valence-electron chi connectivity index (χ4n) is 5.16. The zero-order chi connectivity index (χ0) is 34.7. The van der Waals surface area contributed by atoms with E-state index in [0.29, 0.717) is 5.56 Å². The number of hydrogen-bond donors (Lipinski definition) is 4. The van der Waals surface area contributed by atoms with Gasteiger partial charge in [0.25, 0.3) is 0 Å². The maximum absolute atomic E-state index is 13.9. The second-order valence-corrected chi connectivity index (χ2v) is 12.1. The molecule has 47 heavy (non-hydrogen) atoms. The Labute approximate surface area is 275 Å². The highest BCUT2D eigenvalue weighted by Crippen LogP contribution is 2.16. The number of rotatable bonds is 6. The zero-order valence-corrected chi connectivity index (χ0v) is 27.8. The summed E-state index contributed by atoms with van der Waals surface area (Å²) in [5.74, 6) is -3.70. The molecular weight excluding hydrogens is 604 g/mol. The molecule has 254 valence electrons. The molecule has 1 fully saturated rings. The lowest BCUT2D eigenvalue weighted by Gasteiger charge is -2.33. The lowest BCUT2D eigenvalue weighted by atomic mass is 10.0. The van der Waals surface area contributed by atoms with Crippen molar-refractivity contribution in [3.05, 3.63) is 71.8 Å². The number of hydrogen-bond acceptors (Lipinski definition) is 7. The summed E-state index contributed by atoms with van der Waals surface area (Å²) in [7, 11) is 2.80. The van der Waals surface area contributed by atoms with Gasteiger partial charge in [-0.1, -0.05) is 74.5 Å². The molecule has 0 spiro atoms. The van der Waals surface area contributed by atoms with E-state index in [1.54, 1.807) is 44.2 Å². The van der Waals surface area contributed by atoms with E-state index in [9.17, 15) is 28.8 Å². The van der Waals surface area contributed by atoms with Crippen molar-refractivity contribution in [2.45, 2.75) is 64.3 Å². The molecule has 6 amide bonds. The smallest absolute Gasteiger partial charge is 0.249 e. The molecule has 13 heteroatoms. The predicted octanol–water partition coefficient (Wildman–Crippen LogP) is 0.552. The molecule has 13 nitrogen and oxygen atoms in total. The van der Waals surface area contributed by atoms with Crippen molar-refractivity contribution in [2.75, 3.05) is 33.9 Å². The second-order valence-electron chi connectivity index (χ2n) is 12.1. The van der Waals surface area contributed by atoms with Crippen LogP contribution in [0.5, 0.6) is 0 Å². The average Bonchev–Trinajstić information content (AvgIpc) is 3.05. The standard InChI is InChI=1S/C34H46N6O7/c1-21(2)30-33(45)35-22(3)31(43)37-27(25-15-11-8-12-16-25)18-40(29(42)20-47-6)19-28(41)36-26(17-24-13-9-7-10-14-24)34(46)39(5)23(4)32(44)38-30/h7-16,21-23,26-27,30H,17-20H2,1-6H3,(H,35,45)(H,36,41)(H,37,43)(H,38,44)/t22-,23-,26-,27-,30+/m0/s1. The third-order valence-corrected chi connectivity index (χ3v) is 8.10. The Hall–Kier alpha value is -4.78. The number of likely N-dealkylation sites (N-methyl/N-ethyl adjacent to an activating group) is 1. The normalized spacial score (nSPS) is 24.1. The summed E-state index contributed by atoms with van der Waals surface area (Å²) >= 11 is 0. The van der Waals surface area contributed by atoms with E-state index in [1.807, 2.05) is 30.3 Å². The SMILES string of the molecule is COCC(=O)N1CC(=O)N[C@@H](Cc2ccccc2)C(=O)N(C)[C@@H](C)C(=O)N[C@H](C(C)C)C(=O)N[C@@H](C)C(=O)N[C@H](c2ccccc2)C1. The van der Waals surface area contributed by atoms with E-state index in [-0.39, 0.29) is 25.5 Å². The molecule has 0 unspecified atom stereocenters. The first-order valence-corrected chi connectivity index (χ1v) is 15.6. The van der Waals surface area contributed by atoms with Gasteiger partial charge < -0.3 is 35.8 Å². The van der Waals surface area contributed by atoms with E-state index in [4.69, 9.17) is 4.74 Å². The van der Waals surface area contributed by atoms with Crippen LogP contribution in [0.1, 0.15) is 44.9 Å². The van der Waals surface area contributed by atoms with Crippen molar-refractivity contribution in [2.24, 2.45) is 5.92 Å². The van der Waals surface area contributed by atoms with Crippen LogP contribution in [0.2, 0.25) is 0 Å². The average molecular weight is 651 g/mol.